The maximum atomic E-state index is 5.70. The number of anilines is 1. The first-order chi connectivity index (χ1) is 9.65. The van der Waals surface area contributed by atoms with Crippen LogP contribution in [-0.4, -0.2) is 35.8 Å². The number of morpholine rings is 1. The monoisotopic (exact) mass is 287 g/mol. The smallest absolute Gasteiger partial charge is 0.132 e. The molecule has 1 saturated heterocycles. The van der Waals surface area contributed by atoms with Crippen molar-refractivity contribution in [2.24, 2.45) is 5.73 Å². The molecule has 2 heterocycles. The summed E-state index contributed by atoms with van der Waals surface area (Å²) in [4.78, 5) is 7.39. The number of nitrogens with zero attached hydrogens (tertiary/aromatic N) is 2. The summed E-state index contributed by atoms with van der Waals surface area (Å²) in [5, 5.41) is 1.16. The van der Waals surface area contributed by atoms with E-state index in [9.17, 15) is 0 Å². The van der Waals surface area contributed by atoms with Crippen LogP contribution in [0.2, 0.25) is 0 Å². The summed E-state index contributed by atoms with van der Waals surface area (Å²) in [6.45, 7) is 4.18. The Morgan fingerprint density at radius 3 is 3.05 bits per heavy atom. The molecule has 5 heteroatoms. The van der Waals surface area contributed by atoms with Crippen LogP contribution in [-0.2, 0) is 4.74 Å². The van der Waals surface area contributed by atoms with Gasteiger partial charge in [-0.05, 0) is 24.6 Å². The minimum absolute atomic E-state index is 0.188. The fourth-order valence-electron chi connectivity index (χ4n) is 2.55. The number of ether oxygens (including phenoxy) is 1. The molecule has 20 heavy (non-hydrogen) atoms. The topological polar surface area (TPSA) is 51.4 Å². The number of thiocarbonyl (C=S) groups is 1. The summed E-state index contributed by atoms with van der Waals surface area (Å²) in [6, 6.07) is 10.3. The van der Waals surface area contributed by atoms with Crippen LogP contribution < -0.4 is 10.6 Å². The SMILES string of the molecule is Cc1cc2ccccc2nc1N1CCOC(C(N)=S)C1. The van der Waals surface area contributed by atoms with Crippen molar-refractivity contribution < 1.29 is 4.74 Å². The zero-order valence-corrected chi connectivity index (χ0v) is 12.2. The first-order valence-corrected chi connectivity index (χ1v) is 7.08. The van der Waals surface area contributed by atoms with Crippen LogP contribution in [0.15, 0.2) is 30.3 Å². The first-order valence-electron chi connectivity index (χ1n) is 6.67. The number of rotatable bonds is 2. The Morgan fingerprint density at radius 2 is 2.25 bits per heavy atom. The lowest BCUT2D eigenvalue weighted by Gasteiger charge is -2.34. The van der Waals surface area contributed by atoms with Crippen LogP contribution in [0.25, 0.3) is 10.9 Å². The Kier molecular flexibility index (Phi) is 3.54. The zero-order chi connectivity index (χ0) is 14.1. The van der Waals surface area contributed by atoms with Crippen molar-refractivity contribution in [1.82, 2.24) is 4.98 Å². The van der Waals surface area contributed by atoms with Gasteiger partial charge in [-0.2, -0.15) is 0 Å². The second kappa shape index (κ2) is 5.34. The Labute approximate surface area is 123 Å². The van der Waals surface area contributed by atoms with E-state index in [-0.39, 0.29) is 6.10 Å². The van der Waals surface area contributed by atoms with Crippen molar-refractivity contribution in [2.45, 2.75) is 13.0 Å². The molecule has 1 aromatic carbocycles. The van der Waals surface area contributed by atoms with Gasteiger partial charge in [0.1, 0.15) is 16.9 Å². The van der Waals surface area contributed by atoms with E-state index >= 15 is 0 Å². The van der Waals surface area contributed by atoms with Gasteiger partial charge in [0.2, 0.25) is 0 Å². The molecule has 0 saturated carbocycles. The highest BCUT2D eigenvalue weighted by Crippen LogP contribution is 2.24. The normalized spacial score (nSPS) is 19.2. The minimum Gasteiger partial charge on any atom is -0.391 e. The predicted octanol–water partition coefficient (Wildman–Crippen LogP) is 2.03. The van der Waals surface area contributed by atoms with Crippen molar-refractivity contribution in [3.05, 3.63) is 35.9 Å². The number of para-hydroxylation sites is 1. The van der Waals surface area contributed by atoms with E-state index in [1.54, 1.807) is 0 Å². The summed E-state index contributed by atoms with van der Waals surface area (Å²) in [6.07, 6.45) is -0.188. The van der Waals surface area contributed by atoms with Crippen LogP contribution in [0, 0.1) is 6.92 Å². The third-order valence-corrected chi connectivity index (χ3v) is 3.83. The number of nitrogens with two attached hydrogens (primary N) is 1. The molecule has 1 aliphatic heterocycles. The van der Waals surface area contributed by atoms with Gasteiger partial charge in [0, 0.05) is 11.9 Å². The molecule has 1 unspecified atom stereocenters. The Balaban J connectivity index is 1.96. The number of fused-ring (bicyclic) bond motifs is 1. The van der Waals surface area contributed by atoms with Gasteiger partial charge in [-0.15, -0.1) is 0 Å². The van der Waals surface area contributed by atoms with Gasteiger partial charge in [0.15, 0.2) is 0 Å². The van der Waals surface area contributed by atoms with E-state index in [1.165, 1.54) is 0 Å². The summed E-state index contributed by atoms with van der Waals surface area (Å²) < 4.78 is 5.58. The van der Waals surface area contributed by atoms with E-state index in [2.05, 4.69) is 24.0 Å². The van der Waals surface area contributed by atoms with E-state index < -0.39 is 0 Å². The molecule has 1 fully saturated rings. The fourth-order valence-corrected chi connectivity index (χ4v) is 2.69. The van der Waals surface area contributed by atoms with Crippen molar-refractivity contribution in [1.29, 1.82) is 0 Å². The lowest BCUT2D eigenvalue weighted by atomic mass is 10.1. The number of hydrogen-bond donors (Lipinski definition) is 1. The molecule has 3 rings (SSSR count). The van der Waals surface area contributed by atoms with E-state index in [0.717, 1.165) is 28.8 Å². The van der Waals surface area contributed by atoms with Gasteiger partial charge in [-0.25, -0.2) is 4.98 Å². The maximum Gasteiger partial charge on any atom is 0.132 e. The molecule has 0 spiro atoms. The zero-order valence-electron chi connectivity index (χ0n) is 11.4. The van der Waals surface area contributed by atoms with Crippen LogP contribution >= 0.6 is 12.2 Å². The number of pyridine rings is 1. The average molecular weight is 287 g/mol. The van der Waals surface area contributed by atoms with E-state index in [0.29, 0.717) is 18.1 Å². The second-order valence-electron chi connectivity index (χ2n) is 5.03. The van der Waals surface area contributed by atoms with Crippen LogP contribution in [0.5, 0.6) is 0 Å². The lowest BCUT2D eigenvalue weighted by molar-refractivity contribution is 0.0844. The largest absolute Gasteiger partial charge is 0.391 e. The third kappa shape index (κ3) is 2.46. The Bertz CT molecular complexity index is 659. The summed E-state index contributed by atoms with van der Waals surface area (Å²) >= 11 is 5.03. The van der Waals surface area contributed by atoms with Gasteiger partial charge in [-0.3, -0.25) is 0 Å². The fraction of sp³-hybridized carbons (Fsp3) is 0.333. The quantitative estimate of drug-likeness (QED) is 0.857. The standard InChI is InChI=1S/C15H17N3OS/c1-10-8-11-4-2-3-5-12(11)17-15(10)18-6-7-19-13(9-18)14(16)20/h2-5,8,13H,6-7,9H2,1H3,(H2,16,20). The second-order valence-corrected chi connectivity index (χ2v) is 5.50. The maximum absolute atomic E-state index is 5.70. The van der Waals surface area contributed by atoms with Gasteiger partial charge in [0.25, 0.3) is 0 Å². The summed E-state index contributed by atoms with van der Waals surface area (Å²) in [7, 11) is 0. The van der Waals surface area contributed by atoms with Crippen LogP contribution in [0.4, 0.5) is 5.82 Å². The molecule has 104 valence electrons. The van der Waals surface area contributed by atoms with Gasteiger partial charge in [-0.1, -0.05) is 30.4 Å². The van der Waals surface area contributed by atoms with E-state index in [4.69, 9.17) is 27.7 Å². The summed E-state index contributed by atoms with van der Waals surface area (Å²) in [5.74, 6) is 0.994. The first kappa shape index (κ1) is 13.3. The van der Waals surface area contributed by atoms with Crippen molar-refractivity contribution in [2.75, 3.05) is 24.6 Å². The van der Waals surface area contributed by atoms with Gasteiger partial charge in [0.05, 0.1) is 18.7 Å². The highest BCUT2D eigenvalue weighted by molar-refractivity contribution is 7.80. The Hall–Kier alpha value is -1.72. The van der Waals surface area contributed by atoms with Crippen LogP contribution in [0.1, 0.15) is 5.56 Å². The molecular formula is C15H17N3OS. The van der Waals surface area contributed by atoms with Crippen molar-refractivity contribution in [3.63, 3.8) is 0 Å². The van der Waals surface area contributed by atoms with Gasteiger partial charge < -0.3 is 15.4 Å². The van der Waals surface area contributed by atoms with Crippen molar-refractivity contribution >= 4 is 33.9 Å². The van der Waals surface area contributed by atoms with Crippen LogP contribution in [0.3, 0.4) is 0 Å². The van der Waals surface area contributed by atoms with Crippen molar-refractivity contribution in [3.8, 4) is 0 Å². The molecule has 1 aromatic heterocycles. The van der Waals surface area contributed by atoms with E-state index in [1.807, 2.05) is 18.2 Å². The molecule has 1 atom stereocenters. The number of aromatic nitrogens is 1. The lowest BCUT2D eigenvalue weighted by Crippen LogP contribution is -2.48. The molecule has 0 radical (unpaired) electrons. The molecule has 2 N–H and O–H groups in total. The van der Waals surface area contributed by atoms with Gasteiger partial charge >= 0.3 is 0 Å². The predicted molar refractivity (Wildman–Crippen MR) is 85.2 cm³/mol. The molecule has 4 nitrogen and oxygen atoms in total. The minimum atomic E-state index is -0.188. The third-order valence-electron chi connectivity index (χ3n) is 3.57. The average Bonchev–Trinajstić information content (AvgIpc) is 2.46. The highest BCUT2D eigenvalue weighted by Gasteiger charge is 2.24. The number of hydrogen-bond acceptors (Lipinski definition) is 4. The highest BCUT2D eigenvalue weighted by atomic mass is 32.1. The molecule has 1 aliphatic rings. The molecular weight excluding hydrogens is 270 g/mol. The molecule has 0 bridgehead atoms. The summed E-state index contributed by atoms with van der Waals surface area (Å²) in [5.41, 5.74) is 7.86. The molecule has 0 amide bonds. The number of benzene rings is 1. The molecule has 0 aliphatic carbocycles. The number of aryl methyl sites for hydroxylation is 1. The molecule has 2 aromatic rings. The Morgan fingerprint density at radius 1 is 1.45 bits per heavy atom.